The summed E-state index contributed by atoms with van der Waals surface area (Å²) in [5, 5.41) is 23.1. The molecule has 1 amide bonds. The predicted octanol–water partition coefficient (Wildman–Crippen LogP) is 12.5. The molecule has 0 aromatic rings. The minimum absolute atomic E-state index is 0.0358. The maximum Gasteiger partial charge on any atom is 0.220 e. The Morgan fingerprint density at radius 2 is 0.891 bits per heavy atom. The van der Waals surface area contributed by atoms with Gasteiger partial charge in [0.2, 0.25) is 5.91 Å². The van der Waals surface area contributed by atoms with Crippen LogP contribution >= 0.6 is 0 Å². The Hall–Kier alpha value is -1.13. The number of hydrogen-bond acceptors (Lipinski definition) is 3. The first-order valence-corrected chi connectivity index (χ1v) is 20.5. The Balaban J connectivity index is 3.53. The second-order valence-corrected chi connectivity index (χ2v) is 14.1. The molecule has 0 saturated carbocycles. The number of carbonyl (C=O) groups is 1. The maximum absolute atomic E-state index is 12.4. The van der Waals surface area contributed by atoms with Gasteiger partial charge in [0, 0.05) is 6.42 Å². The number of hydrogen-bond donors (Lipinski definition) is 3. The van der Waals surface area contributed by atoms with Crippen molar-refractivity contribution in [3.05, 3.63) is 24.3 Å². The fourth-order valence-electron chi connectivity index (χ4n) is 6.27. The van der Waals surface area contributed by atoms with Crippen LogP contribution in [0.5, 0.6) is 0 Å². The summed E-state index contributed by atoms with van der Waals surface area (Å²) in [5.74, 6) is -0.0358. The minimum Gasteiger partial charge on any atom is -0.394 e. The van der Waals surface area contributed by atoms with E-state index in [-0.39, 0.29) is 12.5 Å². The molecular weight excluding hydrogens is 566 g/mol. The molecule has 0 aromatic carbocycles. The number of aliphatic hydroxyl groups is 2. The number of amides is 1. The van der Waals surface area contributed by atoms with Gasteiger partial charge in [-0.1, -0.05) is 192 Å². The van der Waals surface area contributed by atoms with Crippen LogP contribution in [0.15, 0.2) is 24.3 Å². The number of unbranched alkanes of at least 4 members (excludes halogenated alkanes) is 26. The van der Waals surface area contributed by atoms with E-state index in [0.717, 1.165) is 32.1 Å². The van der Waals surface area contributed by atoms with Crippen molar-refractivity contribution in [1.82, 2.24) is 5.32 Å². The smallest absolute Gasteiger partial charge is 0.220 e. The van der Waals surface area contributed by atoms with Crippen LogP contribution in [-0.2, 0) is 4.79 Å². The Morgan fingerprint density at radius 1 is 0.522 bits per heavy atom. The molecule has 2 atom stereocenters. The largest absolute Gasteiger partial charge is 0.394 e. The summed E-state index contributed by atoms with van der Waals surface area (Å²) in [6, 6.07) is -0.535. The molecule has 0 radical (unpaired) electrons. The lowest BCUT2D eigenvalue weighted by atomic mass is 10.0. The van der Waals surface area contributed by atoms with Crippen molar-refractivity contribution in [2.24, 2.45) is 0 Å². The highest BCUT2D eigenvalue weighted by Crippen LogP contribution is 2.15. The molecule has 0 spiro atoms. The van der Waals surface area contributed by atoms with E-state index in [9.17, 15) is 15.0 Å². The Morgan fingerprint density at radius 3 is 1.30 bits per heavy atom. The molecule has 2 unspecified atom stereocenters. The van der Waals surface area contributed by atoms with Gasteiger partial charge in [-0.15, -0.1) is 0 Å². The third-order valence-corrected chi connectivity index (χ3v) is 9.47. The molecule has 0 bridgehead atoms. The summed E-state index contributed by atoms with van der Waals surface area (Å²) in [4.78, 5) is 12.4. The van der Waals surface area contributed by atoms with Gasteiger partial charge >= 0.3 is 0 Å². The highest BCUT2D eigenvalue weighted by molar-refractivity contribution is 5.76. The topological polar surface area (TPSA) is 69.6 Å². The molecule has 4 nitrogen and oxygen atoms in total. The molecule has 0 rings (SSSR count). The fourth-order valence-corrected chi connectivity index (χ4v) is 6.27. The third-order valence-electron chi connectivity index (χ3n) is 9.47. The van der Waals surface area contributed by atoms with Crippen LogP contribution in [0, 0.1) is 0 Å². The fraction of sp³-hybridized carbons (Fsp3) is 0.881. The van der Waals surface area contributed by atoms with E-state index in [0.29, 0.717) is 12.8 Å². The maximum atomic E-state index is 12.4. The molecule has 46 heavy (non-hydrogen) atoms. The van der Waals surface area contributed by atoms with Gasteiger partial charge in [-0.3, -0.25) is 4.79 Å². The molecule has 0 aliphatic carbocycles. The molecule has 0 aliphatic rings. The number of carbonyl (C=O) groups excluding carboxylic acids is 1. The normalized spacial score (nSPS) is 13.2. The van der Waals surface area contributed by atoms with Gasteiger partial charge in [0.25, 0.3) is 0 Å². The lowest BCUT2D eigenvalue weighted by molar-refractivity contribution is -0.123. The molecule has 272 valence electrons. The zero-order valence-electron chi connectivity index (χ0n) is 31.1. The lowest BCUT2D eigenvalue weighted by Crippen LogP contribution is -2.45. The molecule has 4 heteroatoms. The zero-order valence-corrected chi connectivity index (χ0v) is 31.1. The molecular formula is C42H81NO3. The molecule has 0 saturated heterocycles. The average molecular weight is 648 g/mol. The van der Waals surface area contributed by atoms with Crippen molar-refractivity contribution in [3.63, 3.8) is 0 Å². The van der Waals surface area contributed by atoms with Crippen LogP contribution in [0.2, 0.25) is 0 Å². The van der Waals surface area contributed by atoms with E-state index in [1.165, 1.54) is 161 Å². The van der Waals surface area contributed by atoms with Gasteiger partial charge in [-0.25, -0.2) is 0 Å². The van der Waals surface area contributed by atoms with Crippen molar-refractivity contribution >= 4 is 5.91 Å². The van der Waals surface area contributed by atoms with Crippen LogP contribution in [-0.4, -0.2) is 34.9 Å². The molecule has 0 aliphatic heterocycles. The van der Waals surface area contributed by atoms with Crippen molar-refractivity contribution in [2.75, 3.05) is 6.61 Å². The van der Waals surface area contributed by atoms with Crippen LogP contribution < -0.4 is 5.32 Å². The summed E-state index contributed by atoms with van der Waals surface area (Å²) in [7, 11) is 0. The van der Waals surface area contributed by atoms with E-state index in [1.807, 2.05) is 0 Å². The Labute approximate surface area is 288 Å². The van der Waals surface area contributed by atoms with Crippen molar-refractivity contribution in [2.45, 2.75) is 231 Å². The highest BCUT2D eigenvalue weighted by atomic mass is 16.3. The second-order valence-electron chi connectivity index (χ2n) is 14.1. The van der Waals surface area contributed by atoms with Gasteiger partial charge in [0.05, 0.1) is 18.8 Å². The van der Waals surface area contributed by atoms with Crippen molar-refractivity contribution < 1.29 is 15.0 Å². The summed E-state index contributed by atoms with van der Waals surface area (Å²) >= 11 is 0. The number of rotatable bonds is 37. The zero-order chi connectivity index (χ0) is 33.6. The lowest BCUT2D eigenvalue weighted by Gasteiger charge is -2.22. The second kappa shape index (κ2) is 38.3. The number of aliphatic hydroxyl groups excluding tert-OH is 2. The standard InChI is InChI=1S/C42H81NO3/c1-3-5-7-9-11-13-15-17-18-19-20-21-22-23-24-26-28-30-32-34-36-38-42(46)43-40(39-44)41(45)37-35-33-31-29-27-25-16-14-12-10-8-6-4-2/h15,17,19-20,40-41,44-45H,3-14,16,18,21-39H2,1-2H3,(H,43,46)/b17-15-,20-19-. The van der Waals surface area contributed by atoms with Crippen molar-refractivity contribution in [1.29, 1.82) is 0 Å². The van der Waals surface area contributed by atoms with Crippen molar-refractivity contribution in [3.8, 4) is 0 Å². The summed E-state index contributed by atoms with van der Waals surface area (Å²) in [5.41, 5.74) is 0. The quantitative estimate of drug-likeness (QED) is 0.0464. The van der Waals surface area contributed by atoms with Crippen LogP contribution in [0.25, 0.3) is 0 Å². The van der Waals surface area contributed by atoms with E-state index >= 15 is 0 Å². The minimum atomic E-state index is -0.658. The monoisotopic (exact) mass is 648 g/mol. The molecule has 0 fully saturated rings. The third kappa shape index (κ3) is 34.2. The van der Waals surface area contributed by atoms with Crippen LogP contribution in [0.3, 0.4) is 0 Å². The van der Waals surface area contributed by atoms with Gasteiger partial charge in [-0.2, -0.15) is 0 Å². The first-order valence-electron chi connectivity index (χ1n) is 20.5. The van der Waals surface area contributed by atoms with Gasteiger partial charge < -0.3 is 15.5 Å². The predicted molar refractivity (Wildman–Crippen MR) is 202 cm³/mol. The van der Waals surface area contributed by atoms with Crippen LogP contribution in [0.1, 0.15) is 219 Å². The van der Waals surface area contributed by atoms with Gasteiger partial charge in [-0.05, 0) is 44.9 Å². The average Bonchev–Trinajstić information content (AvgIpc) is 3.06. The number of allylic oxidation sites excluding steroid dienone is 4. The summed E-state index contributed by atoms with van der Waals surface area (Å²) in [6.07, 6.45) is 48.1. The molecule has 0 aromatic heterocycles. The molecule has 3 N–H and O–H groups in total. The molecule has 0 heterocycles. The first-order chi connectivity index (χ1) is 22.7. The van der Waals surface area contributed by atoms with E-state index in [4.69, 9.17) is 0 Å². The Bertz CT molecular complexity index is 661. The van der Waals surface area contributed by atoms with Gasteiger partial charge in [0.15, 0.2) is 0 Å². The SMILES string of the molecule is CCCCCCC/C=C\C/C=C\CCCCCCCCCCCC(=O)NC(CO)C(O)CCCCCCCCCCCCCCC. The van der Waals surface area contributed by atoms with Gasteiger partial charge in [0.1, 0.15) is 0 Å². The summed E-state index contributed by atoms with van der Waals surface area (Å²) < 4.78 is 0. The highest BCUT2D eigenvalue weighted by Gasteiger charge is 2.19. The first kappa shape index (κ1) is 44.9. The van der Waals surface area contributed by atoms with E-state index in [2.05, 4.69) is 43.5 Å². The van der Waals surface area contributed by atoms with E-state index in [1.54, 1.807) is 0 Å². The number of nitrogens with one attached hydrogen (secondary N) is 1. The van der Waals surface area contributed by atoms with Crippen LogP contribution in [0.4, 0.5) is 0 Å². The van der Waals surface area contributed by atoms with E-state index < -0.39 is 12.1 Å². The Kier molecular flexibility index (Phi) is 37.4. The summed E-state index contributed by atoms with van der Waals surface area (Å²) in [6.45, 7) is 4.34.